The van der Waals surface area contributed by atoms with Crippen LogP contribution in [-0.2, 0) is 9.53 Å². The topological polar surface area (TPSA) is 118 Å². The number of carbonyl (C=O) groups excluding carboxylic acids is 2. The zero-order chi connectivity index (χ0) is 24.1. The first kappa shape index (κ1) is 22.5. The Morgan fingerprint density at radius 3 is 2.24 bits per heavy atom. The van der Waals surface area contributed by atoms with Gasteiger partial charge in [0.15, 0.2) is 0 Å². The third-order valence-electron chi connectivity index (χ3n) is 5.37. The molecule has 0 saturated carbocycles. The second-order valence-corrected chi connectivity index (χ2v) is 7.48. The average Bonchev–Trinajstić information content (AvgIpc) is 3.13. The van der Waals surface area contributed by atoms with E-state index in [0.29, 0.717) is 27.5 Å². The molecule has 0 aliphatic rings. The van der Waals surface area contributed by atoms with Gasteiger partial charge >= 0.3 is 11.9 Å². The lowest BCUT2D eigenvalue weighted by molar-refractivity contribution is -0.113. The highest BCUT2D eigenvalue weighted by Crippen LogP contribution is 2.41. The van der Waals surface area contributed by atoms with E-state index in [9.17, 15) is 24.7 Å². The van der Waals surface area contributed by atoms with Gasteiger partial charge in [-0.25, -0.2) is 4.79 Å². The van der Waals surface area contributed by atoms with Crippen LogP contribution >= 0.6 is 0 Å². The number of aromatic hydroxyl groups is 2. The second-order valence-electron chi connectivity index (χ2n) is 7.48. The quantitative estimate of drug-likeness (QED) is 0.234. The van der Waals surface area contributed by atoms with Gasteiger partial charge in [0.2, 0.25) is 11.8 Å². The number of amides is 1. The summed E-state index contributed by atoms with van der Waals surface area (Å²) in [6, 6.07) is 21.6. The monoisotopic (exact) mass is 456 g/mol. The van der Waals surface area contributed by atoms with Crippen LogP contribution in [0.25, 0.3) is 16.8 Å². The minimum Gasteiger partial charge on any atom is -0.494 e. The summed E-state index contributed by atoms with van der Waals surface area (Å²) in [5.74, 6) is -1.92. The fraction of sp³-hybridized carbons (Fsp3) is 0.0769. The molecule has 1 atom stereocenters. The van der Waals surface area contributed by atoms with Crippen LogP contribution in [0.1, 0.15) is 27.5 Å². The van der Waals surface area contributed by atoms with E-state index in [1.807, 2.05) is 6.07 Å². The van der Waals surface area contributed by atoms with Crippen molar-refractivity contribution >= 4 is 28.7 Å². The number of fused-ring (bicyclic) bond motifs is 1. The molecule has 0 fully saturated rings. The minimum absolute atomic E-state index is 0.147. The number of ether oxygens (including phenoxy) is 1. The van der Waals surface area contributed by atoms with E-state index < -0.39 is 17.9 Å². The highest BCUT2D eigenvalue weighted by atomic mass is 16.5. The van der Waals surface area contributed by atoms with Gasteiger partial charge in [0.25, 0.3) is 0 Å². The van der Waals surface area contributed by atoms with Gasteiger partial charge in [-0.3, -0.25) is 9.36 Å². The standard InChI is InChI=1S/C26H20N2O6/c29-23(27-33)14-12-17-11-13-20-21(15-17)25(31)28(24(20)30)22(18-7-3-1-4-8-18)16-34-26(32)19-9-5-2-6-10-19/h1-15,22,30-31H,16H2/b14-12+/t22-/m1/s1. The van der Waals surface area contributed by atoms with Gasteiger partial charge in [0.05, 0.1) is 11.6 Å². The second kappa shape index (κ2) is 9.83. The molecule has 0 aliphatic carbocycles. The molecule has 34 heavy (non-hydrogen) atoms. The molecule has 8 nitrogen and oxygen atoms in total. The predicted octanol–water partition coefficient (Wildman–Crippen LogP) is 4.81. The summed E-state index contributed by atoms with van der Waals surface area (Å²) in [5, 5.41) is 25.0. The summed E-state index contributed by atoms with van der Waals surface area (Å²) in [6.45, 7) is -0.147. The van der Waals surface area contributed by atoms with Crippen molar-refractivity contribution in [2.75, 3.05) is 6.61 Å². The molecule has 0 aliphatic heterocycles. The molecular formula is C26H20N2O6. The maximum absolute atomic E-state index is 12.5. The molecule has 0 radical (unpaired) electrons. The van der Waals surface area contributed by atoms with Crippen LogP contribution in [-0.4, -0.2) is 33.3 Å². The van der Waals surface area contributed by atoms with Crippen molar-refractivity contribution in [1.82, 2.24) is 4.57 Å². The van der Waals surface area contributed by atoms with Crippen molar-refractivity contribution in [2.45, 2.75) is 6.04 Å². The van der Waals surface area contributed by atoms with Gasteiger partial charge in [0.1, 0.15) is 6.61 Å². The number of hydrogen-bond donors (Lipinski definition) is 2. The van der Waals surface area contributed by atoms with Crippen LogP contribution in [0.2, 0.25) is 0 Å². The molecule has 1 heterocycles. The molecule has 2 N–H and O–H groups in total. The number of hydrogen-bond acceptors (Lipinski definition) is 6. The first-order valence-electron chi connectivity index (χ1n) is 10.4. The van der Waals surface area contributed by atoms with Gasteiger partial charge in [-0.15, -0.1) is 4.91 Å². The van der Waals surface area contributed by atoms with E-state index in [1.54, 1.807) is 72.8 Å². The molecule has 4 aromatic rings. The lowest BCUT2D eigenvalue weighted by atomic mass is 10.1. The van der Waals surface area contributed by atoms with E-state index in [1.165, 1.54) is 10.6 Å². The molecule has 1 aromatic heterocycles. The van der Waals surface area contributed by atoms with Gasteiger partial charge < -0.3 is 14.9 Å². The smallest absolute Gasteiger partial charge is 0.338 e. The molecule has 0 bridgehead atoms. The molecule has 1 amide bonds. The number of esters is 1. The van der Waals surface area contributed by atoms with Crippen molar-refractivity contribution < 1.29 is 24.5 Å². The van der Waals surface area contributed by atoms with E-state index in [0.717, 1.165) is 6.08 Å². The zero-order valence-electron chi connectivity index (χ0n) is 17.9. The van der Waals surface area contributed by atoms with Gasteiger partial charge in [-0.1, -0.05) is 54.6 Å². The van der Waals surface area contributed by atoms with Gasteiger partial charge in [0, 0.05) is 22.0 Å². The van der Waals surface area contributed by atoms with E-state index in [4.69, 9.17) is 4.74 Å². The molecule has 0 saturated heterocycles. The summed E-state index contributed by atoms with van der Waals surface area (Å²) in [7, 11) is 0. The summed E-state index contributed by atoms with van der Waals surface area (Å²) in [4.78, 5) is 34.0. The van der Waals surface area contributed by atoms with Crippen molar-refractivity contribution in [3.05, 3.63) is 107 Å². The lowest BCUT2D eigenvalue weighted by Gasteiger charge is -2.21. The van der Waals surface area contributed by atoms with Crippen molar-refractivity contribution in [3.63, 3.8) is 0 Å². The van der Waals surface area contributed by atoms with Crippen molar-refractivity contribution in [1.29, 1.82) is 0 Å². The fourth-order valence-electron chi connectivity index (χ4n) is 3.71. The Morgan fingerprint density at radius 1 is 0.912 bits per heavy atom. The maximum Gasteiger partial charge on any atom is 0.338 e. The van der Waals surface area contributed by atoms with Crippen molar-refractivity contribution in [2.24, 2.45) is 5.18 Å². The number of rotatable bonds is 7. The number of nitroso groups, excluding NO2 is 1. The zero-order valence-corrected chi connectivity index (χ0v) is 17.9. The molecule has 3 aromatic carbocycles. The van der Waals surface area contributed by atoms with E-state index in [-0.39, 0.29) is 18.4 Å². The van der Waals surface area contributed by atoms with Crippen LogP contribution in [0, 0.1) is 4.91 Å². The summed E-state index contributed by atoms with van der Waals surface area (Å²) < 4.78 is 6.83. The van der Waals surface area contributed by atoms with Crippen LogP contribution in [0.3, 0.4) is 0 Å². The lowest BCUT2D eigenvalue weighted by Crippen LogP contribution is -2.19. The highest BCUT2D eigenvalue weighted by molar-refractivity contribution is 5.96. The van der Waals surface area contributed by atoms with E-state index in [2.05, 4.69) is 5.18 Å². The largest absolute Gasteiger partial charge is 0.494 e. The van der Waals surface area contributed by atoms with Crippen LogP contribution in [0.4, 0.5) is 0 Å². The Hall–Kier alpha value is -4.72. The Labute approximate surface area is 194 Å². The van der Waals surface area contributed by atoms with Crippen LogP contribution in [0.15, 0.2) is 90.1 Å². The number of aromatic nitrogens is 1. The summed E-state index contributed by atoms with van der Waals surface area (Å²) in [6.07, 6.45) is 2.39. The highest BCUT2D eigenvalue weighted by Gasteiger charge is 2.26. The van der Waals surface area contributed by atoms with E-state index >= 15 is 0 Å². The number of benzene rings is 3. The SMILES string of the molecule is O=NC(=O)/C=C/c1ccc2c(O)n([C@H](COC(=O)c3ccccc3)c3ccccc3)c(O)c2c1. The summed E-state index contributed by atoms with van der Waals surface area (Å²) >= 11 is 0. The summed E-state index contributed by atoms with van der Waals surface area (Å²) in [5.41, 5.74) is 1.61. The minimum atomic E-state index is -0.936. The Kier molecular flexibility index (Phi) is 6.49. The Morgan fingerprint density at radius 2 is 1.56 bits per heavy atom. The molecule has 170 valence electrons. The third kappa shape index (κ3) is 4.56. The van der Waals surface area contributed by atoms with Crippen LogP contribution in [0.5, 0.6) is 11.8 Å². The normalized spacial score (nSPS) is 12.0. The molecule has 0 unspecified atom stereocenters. The number of nitrogens with zero attached hydrogens (tertiary/aromatic N) is 2. The third-order valence-corrected chi connectivity index (χ3v) is 5.37. The maximum atomic E-state index is 12.5. The molecule has 8 heteroatoms. The predicted molar refractivity (Wildman–Crippen MR) is 126 cm³/mol. The Balaban J connectivity index is 1.73. The van der Waals surface area contributed by atoms with Gasteiger partial charge in [-0.05, 0) is 41.5 Å². The van der Waals surface area contributed by atoms with Crippen molar-refractivity contribution in [3.8, 4) is 11.8 Å². The van der Waals surface area contributed by atoms with Gasteiger partial charge in [-0.2, -0.15) is 0 Å². The molecule has 0 spiro atoms. The average molecular weight is 456 g/mol. The van der Waals surface area contributed by atoms with Crippen LogP contribution < -0.4 is 0 Å². The molecule has 4 rings (SSSR count). The number of carbonyl (C=O) groups is 2. The Bertz CT molecular complexity index is 1380. The first-order chi connectivity index (χ1) is 16.5. The molecular weight excluding hydrogens is 436 g/mol. The first-order valence-corrected chi connectivity index (χ1v) is 10.4. The fourth-order valence-corrected chi connectivity index (χ4v) is 3.71.